The molecule has 0 aliphatic carbocycles. The van der Waals surface area contributed by atoms with Crippen LogP contribution in [0.15, 0.2) is 36.8 Å². The number of hydrogen-bond acceptors (Lipinski definition) is 4. The van der Waals surface area contributed by atoms with E-state index in [-0.39, 0.29) is 17.7 Å². The lowest BCUT2D eigenvalue weighted by Gasteiger charge is -2.26. The van der Waals surface area contributed by atoms with E-state index in [1.165, 1.54) is 0 Å². The highest BCUT2D eigenvalue weighted by atomic mass is 16.2. The lowest BCUT2D eigenvalue weighted by atomic mass is 9.89. The zero-order valence-electron chi connectivity index (χ0n) is 13.6. The molecule has 1 aliphatic rings. The van der Waals surface area contributed by atoms with Gasteiger partial charge >= 0.3 is 0 Å². The van der Waals surface area contributed by atoms with E-state index in [9.17, 15) is 4.79 Å². The van der Waals surface area contributed by atoms with Crippen LogP contribution in [0.1, 0.15) is 24.1 Å². The molecule has 2 atom stereocenters. The van der Waals surface area contributed by atoms with Crippen molar-refractivity contribution in [2.45, 2.75) is 19.4 Å². The van der Waals surface area contributed by atoms with Gasteiger partial charge in [-0.15, -0.1) is 0 Å². The van der Waals surface area contributed by atoms with Crippen LogP contribution >= 0.6 is 0 Å². The second kappa shape index (κ2) is 6.91. The van der Waals surface area contributed by atoms with Gasteiger partial charge in [-0.05, 0) is 24.6 Å². The summed E-state index contributed by atoms with van der Waals surface area (Å²) in [7, 11) is 1.90. The van der Waals surface area contributed by atoms with E-state index in [1.807, 2.05) is 49.5 Å². The number of hydrogen-bond donors (Lipinski definition) is 1. The van der Waals surface area contributed by atoms with Gasteiger partial charge in [-0.2, -0.15) is 5.10 Å². The molecule has 0 aromatic carbocycles. The molecule has 0 bridgehead atoms. The van der Waals surface area contributed by atoms with Crippen molar-refractivity contribution in [2.24, 2.45) is 13.0 Å². The molecule has 6 heteroatoms. The Labute approximate surface area is 136 Å². The zero-order valence-corrected chi connectivity index (χ0v) is 13.6. The highest BCUT2D eigenvalue weighted by Crippen LogP contribution is 2.29. The maximum Gasteiger partial charge on any atom is 0.227 e. The van der Waals surface area contributed by atoms with Gasteiger partial charge < -0.3 is 10.2 Å². The number of aryl methyl sites for hydroxylation is 1. The molecule has 1 N–H and O–H groups in total. The molecule has 2 aromatic rings. The fourth-order valence-corrected chi connectivity index (χ4v) is 3.19. The molecule has 1 aliphatic heterocycles. The summed E-state index contributed by atoms with van der Waals surface area (Å²) in [6, 6.07) is 5.80. The molecule has 0 unspecified atom stereocenters. The summed E-state index contributed by atoms with van der Waals surface area (Å²) in [4.78, 5) is 19.2. The van der Waals surface area contributed by atoms with E-state index in [0.29, 0.717) is 13.1 Å². The monoisotopic (exact) mass is 313 g/mol. The Morgan fingerprint density at radius 1 is 1.43 bits per heavy atom. The van der Waals surface area contributed by atoms with E-state index < -0.39 is 0 Å². The molecule has 1 saturated heterocycles. The first-order chi connectivity index (χ1) is 11.2. The Morgan fingerprint density at radius 2 is 2.30 bits per heavy atom. The summed E-state index contributed by atoms with van der Waals surface area (Å²) >= 11 is 0. The van der Waals surface area contributed by atoms with Crippen molar-refractivity contribution in [1.29, 1.82) is 0 Å². The molecular formula is C17H23N5O. The Balaban J connectivity index is 1.74. The van der Waals surface area contributed by atoms with Crippen molar-refractivity contribution in [1.82, 2.24) is 25.0 Å². The van der Waals surface area contributed by atoms with Gasteiger partial charge in [-0.25, -0.2) is 0 Å². The van der Waals surface area contributed by atoms with Gasteiger partial charge in [0.25, 0.3) is 0 Å². The third kappa shape index (κ3) is 3.42. The van der Waals surface area contributed by atoms with Crippen molar-refractivity contribution in [3.8, 4) is 0 Å². The molecule has 1 amide bonds. The van der Waals surface area contributed by atoms with Gasteiger partial charge in [-0.1, -0.05) is 6.07 Å². The van der Waals surface area contributed by atoms with Gasteiger partial charge in [0.2, 0.25) is 5.91 Å². The lowest BCUT2D eigenvalue weighted by Crippen LogP contribution is -2.38. The maximum absolute atomic E-state index is 13.0. The summed E-state index contributed by atoms with van der Waals surface area (Å²) in [5.74, 6) is 0.342. The van der Waals surface area contributed by atoms with Gasteiger partial charge in [-0.3, -0.25) is 14.5 Å². The summed E-state index contributed by atoms with van der Waals surface area (Å²) in [5, 5.41) is 7.60. The average molecular weight is 313 g/mol. The van der Waals surface area contributed by atoms with Crippen molar-refractivity contribution in [2.75, 3.05) is 19.6 Å². The molecule has 122 valence electrons. The van der Waals surface area contributed by atoms with Crippen molar-refractivity contribution >= 4 is 5.91 Å². The summed E-state index contributed by atoms with van der Waals surface area (Å²) in [6.45, 7) is 4.81. The minimum atomic E-state index is -0.0390. The average Bonchev–Trinajstić information content (AvgIpc) is 3.21. The Hall–Kier alpha value is -2.21. The third-order valence-electron chi connectivity index (χ3n) is 4.46. The standard InChI is InChI=1S/C17H23N5O/c1-3-22(12-14-6-4-5-7-19-14)17(23)16-10-18-9-15(16)13-8-20-21(2)11-13/h4-8,11,15-16,18H,3,9-10,12H2,1-2H3/t15-,16+/m1/s1. The first-order valence-corrected chi connectivity index (χ1v) is 8.07. The van der Waals surface area contributed by atoms with Crippen LogP contribution in [0, 0.1) is 5.92 Å². The van der Waals surface area contributed by atoms with Gasteiger partial charge in [0.05, 0.1) is 24.4 Å². The molecular weight excluding hydrogens is 290 g/mol. The second-order valence-electron chi connectivity index (χ2n) is 5.99. The number of nitrogens with one attached hydrogen (secondary N) is 1. The van der Waals surface area contributed by atoms with Gasteiger partial charge in [0.1, 0.15) is 0 Å². The van der Waals surface area contributed by atoms with Crippen LogP contribution in [-0.4, -0.2) is 45.2 Å². The summed E-state index contributed by atoms with van der Waals surface area (Å²) in [6.07, 6.45) is 5.64. The highest BCUT2D eigenvalue weighted by Gasteiger charge is 2.36. The number of rotatable bonds is 5. The van der Waals surface area contributed by atoms with E-state index in [4.69, 9.17) is 0 Å². The molecule has 0 spiro atoms. The summed E-state index contributed by atoms with van der Waals surface area (Å²) in [5.41, 5.74) is 2.05. The maximum atomic E-state index is 13.0. The normalized spacial score (nSPS) is 20.6. The van der Waals surface area contributed by atoms with Crippen molar-refractivity contribution in [3.63, 3.8) is 0 Å². The van der Waals surface area contributed by atoms with Crippen LogP contribution in [0.2, 0.25) is 0 Å². The van der Waals surface area contributed by atoms with E-state index in [0.717, 1.165) is 24.3 Å². The minimum Gasteiger partial charge on any atom is -0.337 e. The van der Waals surface area contributed by atoms with Crippen LogP contribution < -0.4 is 5.32 Å². The first kappa shape index (κ1) is 15.7. The van der Waals surface area contributed by atoms with E-state index in [2.05, 4.69) is 15.4 Å². The quantitative estimate of drug-likeness (QED) is 0.900. The molecule has 23 heavy (non-hydrogen) atoms. The number of amides is 1. The highest BCUT2D eigenvalue weighted by molar-refractivity contribution is 5.80. The fourth-order valence-electron chi connectivity index (χ4n) is 3.19. The van der Waals surface area contributed by atoms with Crippen LogP contribution in [0.25, 0.3) is 0 Å². The number of carbonyl (C=O) groups is 1. The topological polar surface area (TPSA) is 63.1 Å². The predicted octanol–water partition coefficient (Wildman–Crippen LogP) is 1.17. The van der Waals surface area contributed by atoms with E-state index >= 15 is 0 Å². The van der Waals surface area contributed by atoms with Crippen LogP contribution in [0.3, 0.4) is 0 Å². The number of pyridine rings is 1. The lowest BCUT2D eigenvalue weighted by molar-refractivity contribution is -0.135. The molecule has 0 radical (unpaired) electrons. The summed E-state index contributed by atoms with van der Waals surface area (Å²) < 4.78 is 1.79. The molecule has 1 fully saturated rings. The molecule has 2 aromatic heterocycles. The smallest absolute Gasteiger partial charge is 0.227 e. The predicted molar refractivity (Wildman–Crippen MR) is 87.6 cm³/mol. The molecule has 6 nitrogen and oxygen atoms in total. The Bertz CT molecular complexity index is 654. The molecule has 3 heterocycles. The van der Waals surface area contributed by atoms with Crippen LogP contribution in [-0.2, 0) is 18.4 Å². The van der Waals surface area contributed by atoms with Crippen LogP contribution in [0.4, 0.5) is 0 Å². The fraction of sp³-hybridized carbons (Fsp3) is 0.471. The van der Waals surface area contributed by atoms with Gasteiger partial charge in [0.15, 0.2) is 0 Å². The van der Waals surface area contributed by atoms with Crippen LogP contribution in [0.5, 0.6) is 0 Å². The molecule has 0 saturated carbocycles. The Morgan fingerprint density at radius 3 is 2.96 bits per heavy atom. The second-order valence-corrected chi connectivity index (χ2v) is 5.99. The largest absolute Gasteiger partial charge is 0.337 e. The number of nitrogens with zero attached hydrogens (tertiary/aromatic N) is 4. The van der Waals surface area contributed by atoms with Crippen molar-refractivity contribution in [3.05, 3.63) is 48.0 Å². The van der Waals surface area contributed by atoms with E-state index in [1.54, 1.807) is 10.9 Å². The molecule has 3 rings (SSSR count). The first-order valence-electron chi connectivity index (χ1n) is 8.07. The van der Waals surface area contributed by atoms with Crippen molar-refractivity contribution < 1.29 is 4.79 Å². The number of aromatic nitrogens is 3. The SMILES string of the molecule is CCN(Cc1ccccn1)C(=O)[C@H]1CNC[C@@H]1c1cnn(C)c1. The number of carbonyl (C=O) groups excluding carboxylic acids is 1. The Kier molecular flexibility index (Phi) is 4.71. The zero-order chi connectivity index (χ0) is 16.2. The minimum absolute atomic E-state index is 0.0390. The third-order valence-corrected chi connectivity index (χ3v) is 4.46. The van der Waals surface area contributed by atoms with Gasteiger partial charge in [0, 0.05) is 45.0 Å².